The van der Waals surface area contributed by atoms with E-state index in [1.165, 1.54) is 48.0 Å². The molecule has 173 valence electrons. The fourth-order valence-corrected chi connectivity index (χ4v) is 5.97. The van der Waals surface area contributed by atoms with Crippen LogP contribution in [-0.4, -0.2) is 4.98 Å². The molecule has 0 saturated heterocycles. The fourth-order valence-electron chi connectivity index (χ4n) is 4.60. The summed E-state index contributed by atoms with van der Waals surface area (Å²) < 4.78 is 2.66. The first kappa shape index (κ1) is 23.6. The van der Waals surface area contributed by atoms with Gasteiger partial charge in [-0.3, -0.25) is 0 Å². The van der Waals surface area contributed by atoms with Gasteiger partial charge in [-0.05, 0) is 61.6 Å². The van der Waals surface area contributed by atoms with Gasteiger partial charge in [-0.2, -0.15) is 11.3 Å². The van der Waals surface area contributed by atoms with Crippen LogP contribution in [0.4, 0.5) is 0 Å². The third-order valence-electron chi connectivity index (χ3n) is 6.40. The van der Waals surface area contributed by atoms with E-state index in [1.54, 1.807) is 0 Å². The van der Waals surface area contributed by atoms with Crippen LogP contribution in [0.5, 0.6) is 0 Å². The molecule has 0 aliphatic carbocycles. The molecule has 0 amide bonds. The maximum atomic E-state index is 4.67. The van der Waals surface area contributed by atoms with Crippen molar-refractivity contribution in [2.45, 2.75) is 19.8 Å². The summed E-state index contributed by atoms with van der Waals surface area (Å²) in [6.07, 6.45) is 1.89. The summed E-state index contributed by atoms with van der Waals surface area (Å²) in [4.78, 5) is 4.67. The number of pyridine rings is 1. The van der Waals surface area contributed by atoms with Crippen molar-refractivity contribution in [1.82, 2.24) is 4.98 Å². The maximum Gasteiger partial charge on any atom is 0.0281 e. The Morgan fingerprint density at radius 3 is 2.09 bits per heavy atom. The first-order valence-corrected chi connectivity index (χ1v) is 12.5. The first-order valence-electron chi connectivity index (χ1n) is 11.7. The molecular formula is C32H24IrNS-. The Balaban J connectivity index is 0.00000253. The molecule has 2 heterocycles. The standard InChI is InChI=1S/C32H24NS.Ir/c1-21(2)28-17-26(23-11-7-4-8-12-23)18-29-27-14-13-25(20-31(27)34-32(28)29)30-19-24(15-16-33-30)22-9-5-3-6-10-22;/h3-12,14-21H,1-2H3;/q-1;. The van der Waals surface area contributed by atoms with Crippen molar-refractivity contribution in [3.63, 3.8) is 0 Å². The molecule has 0 saturated carbocycles. The van der Waals surface area contributed by atoms with E-state index < -0.39 is 0 Å². The zero-order chi connectivity index (χ0) is 23.1. The zero-order valence-electron chi connectivity index (χ0n) is 19.6. The van der Waals surface area contributed by atoms with E-state index >= 15 is 0 Å². The summed E-state index contributed by atoms with van der Waals surface area (Å²) in [6, 6.07) is 38.0. The van der Waals surface area contributed by atoms with Crippen LogP contribution in [0.3, 0.4) is 0 Å². The molecule has 0 N–H and O–H groups in total. The molecule has 3 heteroatoms. The van der Waals surface area contributed by atoms with E-state index in [1.807, 2.05) is 23.6 Å². The predicted molar refractivity (Wildman–Crippen MR) is 146 cm³/mol. The van der Waals surface area contributed by atoms with E-state index in [-0.39, 0.29) is 20.1 Å². The molecule has 0 spiro atoms. The van der Waals surface area contributed by atoms with Gasteiger partial charge in [-0.15, -0.1) is 23.8 Å². The van der Waals surface area contributed by atoms with Crippen LogP contribution in [0, 0.1) is 6.07 Å². The second-order valence-electron chi connectivity index (χ2n) is 8.99. The molecular weight excluding hydrogens is 623 g/mol. The summed E-state index contributed by atoms with van der Waals surface area (Å²) in [5.74, 6) is 0.451. The average Bonchev–Trinajstić information content (AvgIpc) is 3.27. The van der Waals surface area contributed by atoms with Crippen molar-refractivity contribution in [3.05, 3.63) is 115 Å². The Labute approximate surface area is 223 Å². The van der Waals surface area contributed by atoms with E-state index in [0.717, 1.165) is 11.3 Å². The molecule has 2 aromatic heterocycles. The molecule has 35 heavy (non-hydrogen) atoms. The number of hydrogen-bond acceptors (Lipinski definition) is 2. The van der Waals surface area contributed by atoms with Crippen LogP contribution in [0.1, 0.15) is 25.3 Å². The SMILES string of the molecule is CC(C)c1cc(-c2ccccc2)cc2c1sc1cc(-c3cc(-c4ccccc4)ccn3)[c-]cc12.[Ir]. The Morgan fingerprint density at radius 1 is 0.714 bits per heavy atom. The summed E-state index contributed by atoms with van der Waals surface area (Å²) >= 11 is 1.88. The summed E-state index contributed by atoms with van der Waals surface area (Å²) in [6.45, 7) is 4.56. The minimum atomic E-state index is 0. The van der Waals surface area contributed by atoms with Crippen molar-refractivity contribution >= 4 is 31.5 Å². The van der Waals surface area contributed by atoms with Crippen molar-refractivity contribution < 1.29 is 20.1 Å². The molecule has 1 radical (unpaired) electrons. The largest absolute Gasteiger partial charge is 0.305 e. The fraction of sp³-hybridized carbons (Fsp3) is 0.0938. The number of aromatic nitrogens is 1. The van der Waals surface area contributed by atoms with Gasteiger partial charge in [0.15, 0.2) is 0 Å². The average molecular weight is 647 g/mol. The number of nitrogens with zero attached hydrogens (tertiary/aromatic N) is 1. The van der Waals surface area contributed by atoms with Crippen LogP contribution < -0.4 is 0 Å². The number of benzene rings is 4. The molecule has 0 fully saturated rings. The smallest absolute Gasteiger partial charge is 0.0281 e. The van der Waals surface area contributed by atoms with Gasteiger partial charge in [0.05, 0.1) is 0 Å². The number of fused-ring (bicyclic) bond motifs is 3. The predicted octanol–water partition coefficient (Wildman–Crippen LogP) is 9.37. The molecule has 6 rings (SSSR count). The van der Waals surface area contributed by atoms with Gasteiger partial charge >= 0.3 is 0 Å². The summed E-state index contributed by atoms with van der Waals surface area (Å²) in [5.41, 5.74) is 8.30. The Bertz CT molecular complexity index is 1620. The zero-order valence-corrected chi connectivity index (χ0v) is 22.8. The first-order chi connectivity index (χ1) is 16.7. The van der Waals surface area contributed by atoms with Gasteiger partial charge in [0.2, 0.25) is 0 Å². The van der Waals surface area contributed by atoms with Gasteiger partial charge in [0.1, 0.15) is 0 Å². The van der Waals surface area contributed by atoms with Crippen LogP contribution in [-0.2, 0) is 20.1 Å². The quantitative estimate of drug-likeness (QED) is 0.174. The van der Waals surface area contributed by atoms with E-state index in [0.29, 0.717) is 5.92 Å². The van der Waals surface area contributed by atoms with Gasteiger partial charge in [0, 0.05) is 31.0 Å². The van der Waals surface area contributed by atoms with Crippen molar-refractivity contribution in [2.75, 3.05) is 0 Å². The van der Waals surface area contributed by atoms with E-state index in [2.05, 4.69) is 116 Å². The normalized spacial score (nSPS) is 11.2. The molecule has 1 nitrogen and oxygen atoms in total. The molecule has 4 aromatic carbocycles. The topological polar surface area (TPSA) is 12.9 Å². The maximum absolute atomic E-state index is 4.67. The number of thiophene rings is 1. The van der Waals surface area contributed by atoms with Gasteiger partial charge in [-0.25, -0.2) is 0 Å². The number of rotatable bonds is 4. The third kappa shape index (κ3) is 4.48. The molecule has 0 aliphatic rings. The number of hydrogen-bond donors (Lipinski definition) is 0. The molecule has 0 aliphatic heterocycles. The van der Waals surface area contributed by atoms with Crippen LogP contribution in [0.25, 0.3) is 53.7 Å². The second-order valence-corrected chi connectivity index (χ2v) is 10.0. The molecule has 0 bridgehead atoms. The van der Waals surface area contributed by atoms with Crippen molar-refractivity contribution in [2.24, 2.45) is 0 Å². The van der Waals surface area contributed by atoms with Crippen LogP contribution in [0.2, 0.25) is 0 Å². The minimum absolute atomic E-state index is 0. The van der Waals surface area contributed by atoms with Crippen molar-refractivity contribution in [1.29, 1.82) is 0 Å². The van der Waals surface area contributed by atoms with Gasteiger partial charge < -0.3 is 4.98 Å². The molecule has 0 atom stereocenters. The van der Waals surface area contributed by atoms with E-state index in [4.69, 9.17) is 0 Å². The Hall–Kier alpha value is -3.10. The Kier molecular flexibility index (Phi) is 6.67. The monoisotopic (exact) mass is 647 g/mol. The molecule has 0 unspecified atom stereocenters. The Morgan fingerprint density at radius 2 is 1.40 bits per heavy atom. The second kappa shape index (κ2) is 9.87. The molecule has 6 aromatic rings. The van der Waals surface area contributed by atoms with Crippen LogP contribution in [0.15, 0.2) is 103 Å². The van der Waals surface area contributed by atoms with Gasteiger partial charge in [-0.1, -0.05) is 92.0 Å². The van der Waals surface area contributed by atoms with Crippen molar-refractivity contribution in [3.8, 4) is 33.5 Å². The minimum Gasteiger partial charge on any atom is -0.305 e. The third-order valence-corrected chi connectivity index (χ3v) is 7.62. The summed E-state index contributed by atoms with van der Waals surface area (Å²) in [7, 11) is 0. The van der Waals surface area contributed by atoms with E-state index in [9.17, 15) is 0 Å². The summed E-state index contributed by atoms with van der Waals surface area (Å²) in [5, 5.41) is 2.58. The van der Waals surface area contributed by atoms with Gasteiger partial charge in [0.25, 0.3) is 0 Å². The van der Waals surface area contributed by atoms with Crippen LogP contribution >= 0.6 is 11.3 Å².